The Morgan fingerprint density at radius 1 is 1.21 bits per heavy atom. The van der Waals surface area contributed by atoms with Crippen LogP contribution in [0.15, 0.2) is 6.33 Å². The predicted molar refractivity (Wildman–Crippen MR) is 134 cm³/mol. The molecule has 3 heterocycles. The van der Waals surface area contributed by atoms with Crippen LogP contribution < -0.4 is 5.73 Å². The number of nitrogens with two attached hydrogens (primary N) is 1. The molecule has 0 radical (unpaired) electrons. The first-order valence-electron chi connectivity index (χ1n) is 13.6. The van der Waals surface area contributed by atoms with Gasteiger partial charge < -0.3 is 25.1 Å². The minimum absolute atomic E-state index is 0.0723. The van der Waals surface area contributed by atoms with Crippen molar-refractivity contribution in [2.75, 3.05) is 18.9 Å². The number of imidazole rings is 1. The molecule has 4 aliphatic carbocycles. The van der Waals surface area contributed by atoms with Crippen LogP contribution in [0, 0.1) is 41.6 Å². The van der Waals surface area contributed by atoms with E-state index >= 15 is 0 Å². The molecule has 5 aliphatic rings. The first-order chi connectivity index (χ1) is 18.3. The number of hydrogen-bond acceptors (Lipinski definition) is 9. The average Bonchev–Trinajstić information content (AvgIpc) is 3.44. The standard InChI is InChI=1S/C27H34FN5O5/c1-2-27(14-34)19(10-20(38-27)33-15-30-21-22(29)31-24(28)32-23(21)33)37-25(35)36-6-4-3-5-26-11-16-7-17(12-26)9-18(8-16)13-26/h1,15-20,34H,3-14H2,(H2,29,31,32)/t16?,17?,18?,19-,20+,26?,27+/m0/s1. The summed E-state index contributed by atoms with van der Waals surface area (Å²) < 4.78 is 32.0. The fourth-order valence-electron chi connectivity index (χ4n) is 7.99. The molecule has 7 rings (SSSR count). The second-order valence-corrected chi connectivity index (χ2v) is 11.8. The Morgan fingerprint density at radius 3 is 2.58 bits per heavy atom. The summed E-state index contributed by atoms with van der Waals surface area (Å²) in [4.78, 5) is 23.9. The summed E-state index contributed by atoms with van der Waals surface area (Å²) in [5.41, 5.74) is 4.95. The Kier molecular flexibility index (Phi) is 6.43. The van der Waals surface area contributed by atoms with Crippen LogP contribution in [0.5, 0.6) is 0 Å². The number of aliphatic hydroxyl groups is 1. The maximum atomic E-state index is 13.8. The Labute approximate surface area is 220 Å². The number of aromatic nitrogens is 4. The van der Waals surface area contributed by atoms with Gasteiger partial charge in [-0.2, -0.15) is 14.4 Å². The van der Waals surface area contributed by atoms with Crippen LogP contribution in [0.3, 0.4) is 0 Å². The number of aliphatic hydroxyl groups excluding tert-OH is 1. The smallest absolute Gasteiger partial charge is 0.434 e. The first kappa shape index (κ1) is 25.3. The van der Waals surface area contributed by atoms with Gasteiger partial charge in [-0.1, -0.05) is 5.92 Å². The number of halogens is 1. The van der Waals surface area contributed by atoms with Gasteiger partial charge in [0.15, 0.2) is 28.7 Å². The summed E-state index contributed by atoms with van der Waals surface area (Å²) in [6.07, 6.45) is 14.8. The molecule has 2 aromatic heterocycles. The van der Waals surface area contributed by atoms with Crippen LogP contribution in [-0.2, 0) is 14.2 Å². The van der Waals surface area contributed by atoms with Crippen molar-refractivity contribution in [2.24, 2.45) is 23.2 Å². The molecule has 1 saturated heterocycles. The van der Waals surface area contributed by atoms with Gasteiger partial charge in [0.05, 0.1) is 19.5 Å². The summed E-state index contributed by atoms with van der Waals surface area (Å²) in [6, 6.07) is 0. The second kappa shape index (κ2) is 9.65. The molecular formula is C27H34FN5O5. The van der Waals surface area contributed by atoms with Crippen LogP contribution in [-0.4, -0.2) is 55.7 Å². The Morgan fingerprint density at radius 2 is 1.92 bits per heavy atom. The number of hydrogen-bond donors (Lipinski definition) is 2. The van der Waals surface area contributed by atoms with E-state index in [4.69, 9.17) is 26.4 Å². The van der Waals surface area contributed by atoms with Gasteiger partial charge in [0.2, 0.25) is 0 Å². The average molecular weight is 528 g/mol. The van der Waals surface area contributed by atoms with Crippen LogP contribution in [0.2, 0.25) is 0 Å². The van der Waals surface area contributed by atoms with Crippen LogP contribution in [0.1, 0.15) is 70.4 Å². The molecule has 1 aliphatic heterocycles. The normalized spacial score (nSPS) is 35.4. The molecule has 0 amide bonds. The highest BCUT2D eigenvalue weighted by molar-refractivity contribution is 5.81. The number of unbranched alkanes of at least 4 members (excludes halogenated alkanes) is 1. The van der Waals surface area contributed by atoms with Gasteiger partial charge in [0.1, 0.15) is 6.23 Å². The molecule has 0 unspecified atom stereocenters. The lowest BCUT2D eigenvalue weighted by Crippen LogP contribution is -2.45. The quantitative estimate of drug-likeness (QED) is 0.228. The van der Waals surface area contributed by atoms with Gasteiger partial charge in [-0.25, -0.2) is 9.78 Å². The van der Waals surface area contributed by atoms with Crippen molar-refractivity contribution in [3.63, 3.8) is 0 Å². The van der Waals surface area contributed by atoms with E-state index in [-0.39, 0.29) is 30.0 Å². The van der Waals surface area contributed by atoms with Crippen LogP contribution in [0.4, 0.5) is 15.0 Å². The largest absolute Gasteiger partial charge is 0.508 e. The summed E-state index contributed by atoms with van der Waals surface area (Å²) in [7, 11) is 0. The third-order valence-electron chi connectivity index (χ3n) is 9.22. The van der Waals surface area contributed by atoms with E-state index < -0.39 is 36.8 Å². The molecular weight excluding hydrogens is 493 g/mol. The maximum Gasteiger partial charge on any atom is 0.508 e. The zero-order valence-corrected chi connectivity index (χ0v) is 21.4. The molecule has 11 heteroatoms. The van der Waals surface area contributed by atoms with E-state index in [1.807, 2.05) is 0 Å². The van der Waals surface area contributed by atoms with Crippen LogP contribution >= 0.6 is 0 Å². The highest BCUT2D eigenvalue weighted by Gasteiger charge is 2.52. The Hall–Kier alpha value is -2.97. The lowest BCUT2D eigenvalue weighted by atomic mass is 9.48. The number of fused-ring (bicyclic) bond motifs is 1. The molecule has 204 valence electrons. The van der Waals surface area contributed by atoms with Crippen molar-refractivity contribution < 1.29 is 28.5 Å². The third-order valence-corrected chi connectivity index (χ3v) is 9.22. The van der Waals surface area contributed by atoms with Crippen molar-refractivity contribution in [1.82, 2.24) is 19.5 Å². The fourth-order valence-corrected chi connectivity index (χ4v) is 7.99. The van der Waals surface area contributed by atoms with Gasteiger partial charge in [-0.15, -0.1) is 6.42 Å². The summed E-state index contributed by atoms with van der Waals surface area (Å²) in [5.74, 6) is 5.08. The monoisotopic (exact) mass is 527 g/mol. The maximum absolute atomic E-state index is 13.8. The fraction of sp³-hybridized carbons (Fsp3) is 0.704. The molecule has 0 aromatic carbocycles. The molecule has 4 saturated carbocycles. The van der Waals surface area contributed by atoms with Crippen LogP contribution in [0.25, 0.3) is 11.2 Å². The number of nitrogens with zero attached hydrogens (tertiary/aromatic N) is 4. The number of carbonyl (C=O) groups is 1. The molecule has 4 bridgehead atoms. The summed E-state index contributed by atoms with van der Waals surface area (Å²) in [6.45, 7) is -0.340. The second-order valence-electron chi connectivity index (χ2n) is 11.8. The van der Waals surface area contributed by atoms with E-state index in [1.54, 1.807) is 0 Å². The van der Waals surface area contributed by atoms with Gasteiger partial charge in [-0.05, 0) is 81.0 Å². The van der Waals surface area contributed by atoms with E-state index in [1.165, 1.54) is 55.8 Å². The molecule has 0 spiro atoms. The van der Waals surface area contributed by atoms with E-state index in [9.17, 15) is 14.3 Å². The van der Waals surface area contributed by atoms with E-state index in [0.717, 1.165) is 30.6 Å². The van der Waals surface area contributed by atoms with Gasteiger partial charge >= 0.3 is 12.2 Å². The lowest BCUT2D eigenvalue weighted by molar-refractivity contribution is -0.0977. The van der Waals surface area contributed by atoms with Crippen molar-refractivity contribution in [1.29, 1.82) is 0 Å². The molecule has 10 nitrogen and oxygen atoms in total. The summed E-state index contributed by atoms with van der Waals surface area (Å²) >= 11 is 0. The number of rotatable bonds is 8. The zero-order chi connectivity index (χ0) is 26.5. The molecule has 5 fully saturated rings. The lowest BCUT2D eigenvalue weighted by Gasteiger charge is -2.57. The number of terminal acetylenes is 1. The van der Waals surface area contributed by atoms with Gasteiger partial charge in [0.25, 0.3) is 0 Å². The Bertz CT molecular complexity index is 1230. The van der Waals surface area contributed by atoms with Crippen molar-refractivity contribution in [2.45, 2.75) is 82.1 Å². The zero-order valence-electron chi connectivity index (χ0n) is 21.4. The molecule has 3 N–H and O–H groups in total. The third kappa shape index (κ3) is 4.47. The topological polar surface area (TPSA) is 135 Å². The van der Waals surface area contributed by atoms with Crippen molar-refractivity contribution in [3.05, 3.63) is 12.4 Å². The minimum atomic E-state index is -1.60. The number of ether oxygens (including phenoxy) is 3. The van der Waals surface area contributed by atoms with E-state index in [2.05, 4.69) is 20.9 Å². The van der Waals surface area contributed by atoms with E-state index in [0.29, 0.717) is 5.41 Å². The highest BCUT2D eigenvalue weighted by Crippen LogP contribution is 2.61. The molecule has 38 heavy (non-hydrogen) atoms. The predicted octanol–water partition coefficient (Wildman–Crippen LogP) is 3.74. The Balaban J connectivity index is 1.03. The highest BCUT2D eigenvalue weighted by atomic mass is 19.1. The SMILES string of the molecule is C#C[C@]1(CO)O[C@@H](n2cnc3c(N)nc(F)nc32)C[C@@H]1OC(=O)OCCCCC12CC3CC(CC(C3)C1)C2. The summed E-state index contributed by atoms with van der Waals surface area (Å²) in [5, 5.41) is 10.0. The minimum Gasteiger partial charge on any atom is -0.434 e. The molecule has 2 aromatic rings. The van der Waals surface area contributed by atoms with Gasteiger partial charge in [0, 0.05) is 6.42 Å². The first-order valence-corrected chi connectivity index (χ1v) is 13.6. The number of carbonyl (C=O) groups excluding carboxylic acids is 1. The van der Waals surface area contributed by atoms with Crippen molar-refractivity contribution in [3.8, 4) is 12.3 Å². The molecule has 3 atom stereocenters. The number of nitrogen functional groups attached to an aromatic ring is 1. The van der Waals surface area contributed by atoms with Gasteiger partial charge in [-0.3, -0.25) is 4.57 Å². The van der Waals surface area contributed by atoms with Crippen molar-refractivity contribution >= 4 is 23.1 Å². The number of anilines is 1.